The molecule has 0 saturated heterocycles. The van der Waals surface area contributed by atoms with E-state index in [2.05, 4.69) is 4.74 Å². The minimum absolute atomic E-state index is 0.107. The van der Waals surface area contributed by atoms with Crippen LogP contribution in [-0.2, 0) is 19.1 Å². The van der Waals surface area contributed by atoms with Gasteiger partial charge in [-0.05, 0) is 13.3 Å². The number of esters is 1. The van der Waals surface area contributed by atoms with Gasteiger partial charge < -0.3 is 9.84 Å². The molecule has 0 amide bonds. The maximum absolute atomic E-state index is 13.4. The molecular formula is C8H11FO5. The molecule has 1 N–H and O–H groups in total. The summed E-state index contributed by atoms with van der Waals surface area (Å²) in [4.78, 5) is 32.2. The number of carboxylic acids is 1. The summed E-state index contributed by atoms with van der Waals surface area (Å²) in [6, 6.07) is 0. The largest absolute Gasteiger partial charge is 0.479 e. The number of alkyl halides is 1. The number of Topliss-reactive ketones (excluding diaryl/α,β-unsaturated/α-hetero) is 1. The van der Waals surface area contributed by atoms with E-state index in [1.165, 1.54) is 6.92 Å². The van der Waals surface area contributed by atoms with Gasteiger partial charge in [-0.15, -0.1) is 0 Å². The molecule has 0 spiro atoms. The molecule has 6 heteroatoms. The Bertz CT molecular complexity index is 262. The minimum Gasteiger partial charge on any atom is -0.479 e. The molecule has 0 aliphatic rings. The summed E-state index contributed by atoms with van der Waals surface area (Å²) in [5.41, 5.74) is -3.17. The molecule has 0 aromatic rings. The molecule has 0 rings (SSSR count). The number of carboxylic acid groups (broad SMARTS) is 1. The normalized spacial score (nSPS) is 14.2. The number of hydrogen-bond donors (Lipinski definition) is 1. The second-order valence-corrected chi connectivity index (χ2v) is 2.51. The van der Waals surface area contributed by atoms with Gasteiger partial charge in [0.15, 0.2) is 0 Å². The molecule has 1 unspecified atom stereocenters. The lowest BCUT2D eigenvalue weighted by atomic mass is 9.98. The first-order chi connectivity index (χ1) is 6.40. The Balaban J connectivity index is 4.79. The summed E-state index contributed by atoms with van der Waals surface area (Å²) in [5, 5.41) is 8.42. The van der Waals surface area contributed by atoms with Gasteiger partial charge in [-0.2, -0.15) is 0 Å². The Morgan fingerprint density at radius 3 is 2.14 bits per heavy atom. The van der Waals surface area contributed by atoms with Crippen molar-refractivity contribution in [2.75, 3.05) is 6.61 Å². The molecule has 0 aliphatic heterocycles. The maximum Gasteiger partial charge on any atom is 0.378 e. The van der Waals surface area contributed by atoms with Crippen molar-refractivity contribution in [3.05, 3.63) is 0 Å². The molecule has 14 heavy (non-hydrogen) atoms. The highest BCUT2D eigenvalue weighted by Crippen LogP contribution is 2.18. The van der Waals surface area contributed by atoms with E-state index in [-0.39, 0.29) is 6.61 Å². The average Bonchev–Trinajstić information content (AvgIpc) is 2.15. The third kappa shape index (κ3) is 2.27. The molecule has 1 atom stereocenters. The summed E-state index contributed by atoms with van der Waals surface area (Å²) >= 11 is 0. The highest BCUT2D eigenvalue weighted by Gasteiger charge is 2.49. The molecule has 0 saturated carbocycles. The van der Waals surface area contributed by atoms with Crippen LogP contribution in [0.4, 0.5) is 4.39 Å². The van der Waals surface area contributed by atoms with Gasteiger partial charge in [0.25, 0.3) is 11.5 Å². The van der Waals surface area contributed by atoms with Crippen LogP contribution in [0.1, 0.15) is 20.3 Å². The Kier molecular flexibility index (Phi) is 4.20. The van der Waals surface area contributed by atoms with Crippen LogP contribution in [0.3, 0.4) is 0 Å². The zero-order chi connectivity index (χ0) is 11.4. The maximum atomic E-state index is 13.4. The Hall–Kier alpha value is -1.46. The highest BCUT2D eigenvalue weighted by atomic mass is 19.1. The van der Waals surface area contributed by atoms with E-state index in [1.807, 2.05) is 0 Å². The molecule has 0 aliphatic carbocycles. The standard InChI is InChI=1S/C8H11FO5/c1-3-8(9,7(12)13)5(10)6(11)14-4-2/h3-4H2,1-2H3,(H,12,13). The number of rotatable bonds is 5. The van der Waals surface area contributed by atoms with Crippen LogP contribution in [0.5, 0.6) is 0 Å². The van der Waals surface area contributed by atoms with Crippen LogP contribution < -0.4 is 0 Å². The van der Waals surface area contributed by atoms with Crippen molar-refractivity contribution in [1.82, 2.24) is 0 Å². The number of ether oxygens (including phenoxy) is 1. The highest BCUT2D eigenvalue weighted by molar-refractivity contribution is 6.41. The molecule has 80 valence electrons. The third-order valence-electron chi connectivity index (χ3n) is 1.65. The van der Waals surface area contributed by atoms with E-state index >= 15 is 0 Å². The van der Waals surface area contributed by atoms with Crippen molar-refractivity contribution in [2.45, 2.75) is 25.9 Å². The average molecular weight is 206 g/mol. The number of carbonyl (C=O) groups excluding carboxylic acids is 2. The van der Waals surface area contributed by atoms with Gasteiger partial charge >= 0.3 is 11.9 Å². The molecule has 0 aromatic carbocycles. The van der Waals surface area contributed by atoms with E-state index < -0.39 is 29.8 Å². The van der Waals surface area contributed by atoms with Gasteiger partial charge in [0.05, 0.1) is 6.61 Å². The SMILES string of the molecule is CCOC(=O)C(=O)C(F)(CC)C(=O)O. The summed E-state index contributed by atoms with van der Waals surface area (Å²) in [6.45, 7) is 2.48. The first kappa shape index (κ1) is 12.5. The molecule has 5 nitrogen and oxygen atoms in total. The Labute approximate surface area is 79.9 Å². The van der Waals surface area contributed by atoms with Crippen molar-refractivity contribution in [1.29, 1.82) is 0 Å². The lowest BCUT2D eigenvalue weighted by molar-refractivity contribution is -0.167. The van der Waals surface area contributed by atoms with Crippen LogP contribution in [-0.4, -0.2) is 35.1 Å². The van der Waals surface area contributed by atoms with Gasteiger partial charge in [0, 0.05) is 0 Å². The van der Waals surface area contributed by atoms with E-state index in [4.69, 9.17) is 5.11 Å². The molecule has 0 heterocycles. The van der Waals surface area contributed by atoms with Crippen LogP contribution in [0.2, 0.25) is 0 Å². The van der Waals surface area contributed by atoms with E-state index in [0.717, 1.165) is 6.92 Å². The van der Waals surface area contributed by atoms with Crippen LogP contribution in [0.25, 0.3) is 0 Å². The fourth-order valence-electron chi connectivity index (χ4n) is 0.767. The Morgan fingerprint density at radius 2 is 1.86 bits per heavy atom. The molecule has 0 aromatic heterocycles. The van der Waals surface area contributed by atoms with Crippen LogP contribution in [0, 0.1) is 0 Å². The predicted octanol–water partition coefficient (Wildman–Crippen LogP) is 0.321. The fourth-order valence-corrected chi connectivity index (χ4v) is 0.767. The first-order valence-electron chi connectivity index (χ1n) is 4.04. The van der Waals surface area contributed by atoms with Gasteiger partial charge in [-0.3, -0.25) is 4.79 Å². The number of carbonyl (C=O) groups is 3. The quantitative estimate of drug-likeness (QED) is 0.398. The van der Waals surface area contributed by atoms with Crippen molar-refractivity contribution in [3.63, 3.8) is 0 Å². The lowest BCUT2D eigenvalue weighted by Crippen LogP contribution is -2.46. The predicted molar refractivity (Wildman–Crippen MR) is 43.4 cm³/mol. The summed E-state index contributed by atoms with van der Waals surface area (Å²) in [7, 11) is 0. The monoisotopic (exact) mass is 206 g/mol. The summed E-state index contributed by atoms with van der Waals surface area (Å²) in [6.07, 6.45) is -0.611. The minimum atomic E-state index is -3.17. The smallest absolute Gasteiger partial charge is 0.378 e. The second kappa shape index (κ2) is 4.69. The van der Waals surface area contributed by atoms with E-state index in [1.54, 1.807) is 0 Å². The number of halogens is 1. The Morgan fingerprint density at radius 1 is 1.36 bits per heavy atom. The number of hydrogen-bond acceptors (Lipinski definition) is 4. The first-order valence-corrected chi connectivity index (χ1v) is 4.04. The molecule has 0 radical (unpaired) electrons. The van der Waals surface area contributed by atoms with E-state index in [0.29, 0.717) is 0 Å². The molecule has 0 fully saturated rings. The molecular weight excluding hydrogens is 195 g/mol. The van der Waals surface area contributed by atoms with Gasteiger partial charge in [-0.1, -0.05) is 6.92 Å². The number of ketones is 1. The van der Waals surface area contributed by atoms with Crippen molar-refractivity contribution in [2.24, 2.45) is 0 Å². The zero-order valence-corrected chi connectivity index (χ0v) is 7.87. The second-order valence-electron chi connectivity index (χ2n) is 2.51. The van der Waals surface area contributed by atoms with Crippen LogP contribution >= 0.6 is 0 Å². The van der Waals surface area contributed by atoms with Crippen molar-refractivity contribution >= 4 is 17.7 Å². The molecule has 0 bridgehead atoms. The lowest BCUT2D eigenvalue weighted by Gasteiger charge is -2.15. The topological polar surface area (TPSA) is 80.7 Å². The number of aliphatic carboxylic acids is 1. The zero-order valence-electron chi connectivity index (χ0n) is 7.87. The van der Waals surface area contributed by atoms with Gasteiger partial charge in [0.1, 0.15) is 0 Å². The van der Waals surface area contributed by atoms with Crippen LogP contribution in [0.15, 0.2) is 0 Å². The fraction of sp³-hybridized carbons (Fsp3) is 0.625. The summed E-state index contributed by atoms with van der Waals surface area (Å²) in [5.74, 6) is -5.10. The third-order valence-corrected chi connectivity index (χ3v) is 1.65. The van der Waals surface area contributed by atoms with E-state index in [9.17, 15) is 18.8 Å². The van der Waals surface area contributed by atoms with Gasteiger partial charge in [-0.25, -0.2) is 14.0 Å². The van der Waals surface area contributed by atoms with Crippen molar-refractivity contribution < 1.29 is 28.6 Å². The van der Waals surface area contributed by atoms with Crippen molar-refractivity contribution in [3.8, 4) is 0 Å². The van der Waals surface area contributed by atoms with Gasteiger partial charge in [0.2, 0.25) is 0 Å². The summed E-state index contributed by atoms with van der Waals surface area (Å²) < 4.78 is 17.6.